The molecule has 250 valence electrons. The summed E-state index contributed by atoms with van der Waals surface area (Å²) in [4.78, 5) is 21.0. The number of hydrogen-bond donors (Lipinski definition) is 0. The van der Waals surface area contributed by atoms with Crippen LogP contribution in [0.15, 0.2) is 206 Å². The second kappa shape index (κ2) is 15.0. The van der Waals surface area contributed by atoms with Crippen LogP contribution < -0.4 is 0 Å². The van der Waals surface area contributed by atoms with Crippen LogP contribution in [-0.2, 0) is 19.5 Å². The molecule has 8 bridgehead atoms. The van der Waals surface area contributed by atoms with E-state index in [1.165, 1.54) is 0 Å². The molecule has 0 aliphatic carbocycles. The van der Waals surface area contributed by atoms with E-state index in [4.69, 9.17) is 20.0 Å². The van der Waals surface area contributed by atoms with Crippen LogP contribution in [-0.4, -0.2) is 22.8 Å². The number of fused-ring (bicyclic) bond motifs is 4. The number of nitrogens with zero attached hydrogens (tertiary/aromatic N) is 4. The topological polar surface area (TPSA) is 49.4 Å². The molecule has 5 aliphatic heterocycles. The Morgan fingerprint density at radius 2 is 0.830 bits per heavy atom. The normalized spacial score (nSPS) is 17.1. The summed E-state index contributed by atoms with van der Waals surface area (Å²) in [6, 6.07) is 33.2. The van der Waals surface area contributed by atoms with E-state index >= 15 is 0 Å². The summed E-state index contributed by atoms with van der Waals surface area (Å²) in [5.41, 5.74) is 14.3. The van der Waals surface area contributed by atoms with E-state index in [0.29, 0.717) is 0 Å². The molecule has 0 unspecified atom stereocenters. The van der Waals surface area contributed by atoms with Crippen LogP contribution in [0.1, 0.15) is 22.3 Å². The fourth-order valence-corrected chi connectivity index (χ4v) is 8.75. The van der Waals surface area contributed by atoms with Gasteiger partial charge in [0.2, 0.25) is 0 Å². The fraction of sp³-hybridized carbons (Fsp3) is 0. The molecule has 0 spiro atoms. The molecular formula is C44H24Br4N4Zn. The summed E-state index contributed by atoms with van der Waals surface area (Å²) >= 11 is 15.6. The van der Waals surface area contributed by atoms with Gasteiger partial charge in [0.15, 0.2) is 0 Å². The number of benzene rings is 4. The quantitative estimate of drug-likeness (QED) is 0.183. The minimum absolute atomic E-state index is 0. The summed E-state index contributed by atoms with van der Waals surface area (Å²) in [5, 5.41) is 0. The molecule has 0 atom stereocenters. The predicted octanol–water partition coefficient (Wildman–Crippen LogP) is 12.7. The summed E-state index contributed by atoms with van der Waals surface area (Å²) in [6.07, 6.45) is 16.3. The smallest absolute Gasteiger partial charge is 0.0823 e. The van der Waals surface area contributed by atoms with Crippen molar-refractivity contribution in [1.82, 2.24) is 0 Å². The average molecular weight is 994 g/mol. The third kappa shape index (κ3) is 6.83. The number of aliphatic imine (C=N–C) groups is 4. The number of halogens is 4. The molecule has 0 saturated carbocycles. The zero-order chi connectivity index (χ0) is 35.3. The van der Waals surface area contributed by atoms with Crippen LogP contribution >= 0.6 is 63.7 Å². The maximum atomic E-state index is 5.63. The first kappa shape index (κ1) is 36.0. The van der Waals surface area contributed by atoms with E-state index < -0.39 is 0 Å². The van der Waals surface area contributed by atoms with Gasteiger partial charge in [0.25, 0.3) is 0 Å². The van der Waals surface area contributed by atoms with E-state index in [2.05, 4.69) is 149 Å². The molecule has 0 fully saturated rings. The first-order valence-electron chi connectivity index (χ1n) is 16.5. The van der Waals surface area contributed by atoms with Gasteiger partial charge in [-0.1, -0.05) is 137 Å². The van der Waals surface area contributed by atoms with E-state index in [0.717, 1.165) is 108 Å². The van der Waals surface area contributed by atoms with Crippen molar-refractivity contribution in [2.24, 2.45) is 20.0 Å². The zero-order valence-corrected chi connectivity index (χ0v) is 37.2. The van der Waals surface area contributed by atoms with Crippen molar-refractivity contribution in [3.05, 3.63) is 209 Å². The van der Waals surface area contributed by atoms with Crippen molar-refractivity contribution in [2.75, 3.05) is 0 Å². The van der Waals surface area contributed by atoms with E-state index in [9.17, 15) is 0 Å². The number of rotatable bonds is 4. The van der Waals surface area contributed by atoms with E-state index in [-0.39, 0.29) is 19.5 Å². The third-order valence-electron chi connectivity index (χ3n) is 9.07. The molecule has 0 saturated heterocycles. The van der Waals surface area contributed by atoms with Gasteiger partial charge >= 0.3 is 0 Å². The molecule has 0 N–H and O–H groups in total. The predicted molar refractivity (Wildman–Crippen MR) is 231 cm³/mol. The minimum Gasteiger partial charge on any atom is -0.249 e. The van der Waals surface area contributed by atoms with Gasteiger partial charge in [-0.15, -0.1) is 0 Å². The average Bonchev–Trinajstić information content (AvgIpc) is 3.95. The second-order valence-corrected chi connectivity index (χ2v) is 15.8. The maximum Gasteiger partial charge on any atom is 0.0823 e. The number of hydrogen-bond acceptors (Lipinski definition) is 4. The van der Waals surface area contributed by atoms with Crippen LogP contribution in [0.25, 0.3) is 22.3 Å². The Hall–Kier alpha value is -3.98. The van der Waals surface area contributed by atoms with Crippen molar-refractivity contribution in [3.8, 4) is 0 Å². The summed E-state index contributed by atoms with van der Waals surface area (Å²) in [7, 11) is 0. The van der Waals surface area contributed by atoms with Crippen molar-refractivity contribution < 1.29 is 19.5 Å². The van der Waals surface area contributed by atoms with Crippen LogP contribution in [0.4, 0.5) is 0 Å². The van der Waals surface area contributed by atoms with Gasteiger partial charge in [-0.25, -0.2) is 20.0 Å². The Bertz CT molecular complexity index is 2660. The summed E-state index contributed by atoms with van der Waals surface area (Å²) in [6.45, 7) is 0. The Morgan fingerprint density at radius 1 is 0.377 bits per heavy atom. The third-order valence-corrected chi connectivity index (χ3v) is 11.8. The molecule has 0 radical (unpaired) electrons. The van der Waals surface area contributed by atoms with Crippen LogP contribution in [0.5, 0.6) is 0 Å². The Labute approximate surface area is 353 Å². The first-order valence-corrected chi connectivity index (χ1v) is 19.7. The minimum atomic E-state index is 0. The molecule has 53 heavy (non-hydrogen) atoms. The second-order valence-electron chi connectivity index (χ2n) is 12.4. The summed E-state index contributed by atoms with van der Waals surface area (Å²) in [5.74, 6) is 0. The molecule has 0 amide bonds. The van der Waals surface area contributed by atoms with Crippen molar-refractivity contribution in [1.29, 1.82) is 0 Å². The summed E-state index contributed by atoms with van der Waals surface area (Å²) < 4.78 is 3.82. The van der Waals surface area contributed by atoms with Gasteiger partial charge in [0.1, 0.15) is 0 Å². The zero-order valence-electron chi connectivity index (χ0n) is 27.9. The largest absolute Gasteiger partial charge is 0.249 e. The standard InChI is InChI=1S/C44H24Br4N4.Zn/c45-35-13-5-1-9-30(35)34-23-29-22-27-18-17-25(49-27)21-26-19-20-28(50-26)24-39-40(31-10-2-6-14-36(31)46)41(32-11-3-7-15-37(32)47)44(52-39)42(43(34)51-29)33-12-4-8-16-38(33)48;/h1-24H;. The first-order chi connectivity index (χ1) is 25.4. The van der Waals surface area contributed by atoms with Gasteiger partial charge in [0, 0.05) is 65.2 Å². The van der Waals surface area contributed by atoms with Gasteiger partial charge in [-0.05, 0) is 89.6 Å². The van der Waals surface area contributed by atoms with Gasteiger partial charge in [-0.2, -0.15) is 0 Å². The van der Waals surface area contributed by atoms with Crippen molar-refractivity contribution in [3.63, 3.8) is 0 Å². The van der Waals surface area contributed by atoms with Crippen LogP contribution in [0.3, 0.4) is 0 Å². The molecule has 5 heterocycles. The molecular weight excluding hydrogens is 970 g/mol. The fourth-order valence-electron chi connectivity index (χ4n) is 6.80. The van der Waals surface area contributed by atoms with E-state index in [1.54, 1.807) is 0 Å². The van der Waals surface area contributed by atoms with Gasteiger partial charge in [0.05, 0.1) is 45.6 Å². The van der Waals surface area contributed by atoms with Crippen LogP contribution in [0.2, 0.25) is 0 Å². The molecule has 5 aliphatic rings. The Kier molecular flexibility index (Phi) is 10.2. The molecule has 0 aromatic heterocycles. The Morgan fingerprint density at radius 3 is 1.38 bits per heavy atom. The van der Waals surface area contributed by atoms with Gasteiger partial charge < -0.3 is 0 Å². The molecule has 9 heteroatoms. The van der Waals surface area contributed by atoms with Crippen molar-refractivity contribution in [2.45, 2.75) is 0 Å². The molecule has 9 rings (SSSR count). The number of allylic oxidation sites excluding steroid dienone is 12. The molecule has 4 aromatic rings. The van der Waals surface area contributed by atoms with Gasteiger partial charge in [-0.3, -0.25) is 0 Å². The van der Waals surface area contributed by atoms with Crippen molar-refractivity contribution >= 4 is 109 Å². The SMILES string of the molecule is Brc1ccccc1C1=CC2=CC3=NC(=CC4=NC(=CC5=NC(=C(c6ccccc6Br)C1=N2)C(c1ccccc1Br)=C5c1ccccc1Br)C=C4)C=C3.[Zn]. The maximum absolute atomic E-state index is 5.63. The molecule has 4 aromatic carbocycles. The van der Waals surface area contributed by atoms with Crippen LogP contribution in [0, 0.1) is 0 Å². The molecule has 4 nitrogen and oxygen atoms in total. The monoisotopic (exact) mass is 988 g/mol. The Balaban J connectivity index is 0.00000400. The van der Waals surface area contributed by atoms with E-state index in [1.807, 2.05) is 60.7 Å².